The molecule has 0 saturated carbocycles. The summed E-state index contributed by atoms with van der Waals surface area (Å²) >= 11 is 0. The Hall–Kier alpha value is -3.17. The standard InChI is InChI=1S/C23H17NO2/c25-22-18-12-6-5-11-17(18)21-20(22)16-10-4-7-13-19(16)23(26)24(21)14-15-8-2-1-3-9-15/h1-13,22,25H,14H2. The van der Waals surface area contributed by atoms with Gasteiger partial charge < -0.3 is 9.67 Å². The molecule has 1 unspecified atom stereocenters. The quantitative estimate of drug-likeness (QED) is 0.597. The Morgan fingerprint density at radius 3 is 2.27 bits per heavy atom. The molecule has 1 N–H and O–H groups in total. The van der Waals surface area contributed by atoms with Gasteiger partial charge in [-0.15, -0.1) is 0 Å². The van der Waals surface area contributed by atoms with Crippen LogP contribution in [-0.2, 0) is 6.54 Å². The Morgan fingerprint density at radius 1 is 0.808 bits per heavy atom. The van der Waals surface area contributed by atoms with Gasteiger partial charge in [-0.3, -0.25) is 4.79 Å². The van der Waals surface area contributed by atoms with Gasteiger partial charge in [0.25, 0.3) is 5.56 Å². The number of benzene rings is 3. The van der Waals surface area contributed by atoms with Crippen molar-refractivity contribution in [2.75, 3.05) is 0 Å². The van der Waals surface area contributed by atoms with Crippen LogP contribution in [-0.4, -0.2) is 9.67 Å². The number of hydrogen-bond donors (Lipinski definition) is 1. The lowest BCUT2D eigenvalue weighted by Gasteiger charge is -2.16. The summed E-state index contributed by atoms with van der Waals surface area (Å²) in [7, 11) is 0. The number of hydrogen-bond acceptors (Lipinski definition) is 2. The third-order valence-electron chi connectivity index (χ3n) is 5.19. The second kappa shape index (κ2) is 5.68. The highest BCUT2D eigenvalue weighted by molar-refractivity contribution is 5.94. The van der Waals surface area contributed by atoms with E-state index in [9.17, 15) is 9.90 Å². The molecular weight excluding hydrogens is 322 g/mol. The zero-order valence-corrected chi connectivity index (χ0v) is 14.1. The molecule has 0 bridgehead atoms. The van der Waals surface area contributed by atoms with Crippen LogP contribution in [0.15, 0.2) is 83.7 Å². The predicted octanol–water partition coefficient (Wildman–Crippen LogP) is 4.11. The van der Waals surface area contributed by atoms with Gasteiger partial charge >= 0.3 is 0 Å². The van der Waals surface area contributed by atoms with E-state index in [4.69, 9.17) is 0 Å². The average Bonchev–Trinajstić information content (AvgIpc) is 2.99. The lowest BCUT2D eigenvalue weighted by atomic mass is 10.0. The molecule has 1 aliphatic carbocycles. The Morgan fingerprint density at radius 2 is 1.46 bits per heavy atom. The van der Waals surface area contributed by atoms with Crippen molar-refractivity contribution in [3.8, 4) is 11.3 Å². The maximum atomic E-state index is 13.3. The zero-order valence-electron chi connectivity index (χ0n) is 14.1. The van der Waals surface area contributed by atoms with Gasteiger partial charge in [0.2, 0.25) is 0 Å². The van der Waals surface area contributed by atoms with Gasteiger partial charge in [0, 0.05) is 16.5 Å². The van der Waals surface area contributed by atoms with Crippen molar-refractivity contribution < 1.29 is 5.11 Å². The Kier molecular flexibility index (Phi) is 3.30. The van der Waals surface area contributed by atoms with Gasteiger partial charge in [-0.1, -0.05) is 72.8 Å². The van der Waals surface area contributed by atoms with Crippen molar-refractivity contribution in [3.63, 3.8) is 0 Å². The number of aromatic nitrogens is 1. The minimum Gasteiger partial charge on any atom is -0.384 e. The van der Waals surface area contributed by atoms with Gasteiger partial charge in [-0.05, 0) is 22.6 Å². The first-order valence-corrected chi connectivity index (χ1v) is 8.72. The van der Waals surface area contributed by atoms with Crippen LogP contribution in [0, 0.1) is 0 Å². The largest absolute Gasteiger partial charge is 0.384 e. The minimum atomic E-state index is -0.714. The molecular formula is C23H17NO2. The fourth-order valence-electron chi connectivity index (χ4n) is 4.02. The summed E-state index contributed by atoms with van der Waals surface area (Å²) in [4.78, 5) is 13.3. The molecule has 1 aliphatic rings. The van der Waals surface area contributed by atoms with Crippen LogP contribution < -0.4 is 5.56 Å². The van der Waals surface area contributed by atoms with Crippen molar-refractivity contribution in [1.29, 1.82) is 0 Å². The van der Waals surface area contributed by atoms with Crippen LogP contribution in [0.2, 0.25) is 0 Å². The summed E-state index contributed by atoms with van der Waals surface area (Å²) in [6.07, 6.45) is -0.714. The number of pyridine rings is 1. The summed E-state index contributed by atoms with van der Waals surface area (Å²) in [5, 5.41) is 12.5. The van der Waals surface area contributed by atoms with E-state index >= 15 is 0 Å². The molecule has 3 nitrogen and oxygen atoms in total. The van der Waals surface area contributed by atoms with Crippen molar-refractivity contribution in [2.45, 2.75) is 12.6 Å². The highest BCUT2D eigenvalue weighted by Gasteiger charge is 2.32. The average molecular weight is 339 g/mol. The van der Waals surface area contributed by atoms with E-state index in [1.807, 2.05) is 83.4 Å². The van der Waals surface area contributed by atoms with E-state index in [2.05, 4.69) is 0 Å². The number of nitrogens with zero attached hydrogens (tertiary/aromatic N) is 1. The number of rotatable bonds is 2. The summed E-state index contributed by atoms with van der Waals surface area (Å²) in [6.45, 7) is 0.480. The molecule has 3 heteroatoms. The molecule has 1 aromatic heterocycles. The van der Waals surface area contributed by atoms with E-state index in [1.54, 1.807) is 0 Å². The van der Waals surface area contributed by atoms with Gasteiger partial charge in [0.1, 0.15) is 6.10 Å². The Balaban J connectivity index is 1.89. The van der Waals surface area contributed by atoms with Crippen LogP contribution in [0.5, 0.6) is 0 Å². The first-order valence-electron chi connectivity index (χ1n) is 8.72. The lowest BCUT2D eigenvalue weighted by Crippen LogP contribution is -2.23. The minimum absolute atomic E-state index is 0.0212. The molecule has 3 aromatic carbocycles. The van der Waals surface area contributed by atoms with E-state index < -0.39 is 6.10 Å². The van der Waals surface area contributed by atoms with Gasteiger partial charge in [-0.25, -0.2) is 0 Å². The summed E-state index contributed by atoms with van der Waals surface area (Å²) in [5.74, 6) is 0. The van der Waals surface area contributed by atoms with Gasteiger partial charge in [-0.2, -0.15) is 0 Å². The predicted molar refractivity (Wildman–Crippen MR) is 103 cm³/mol. The monoisotopic (exact) mass is 339 g/mol. The van der Waals surface area contributed by atoms with E-state index in [1.165, 1.54) is 0 Å². The molecule has 0 saturated heterocycles. The SMILES string of the molecule is O=c1c2ccccc2c2c(n1Cc1ccccc1)-c1ccccc1C2O. The van der Waals surface area contributed by atoms with E-state index in [0.29, 0.717) is 11.9 Å². The van der Waals surface area contributed by atoms with Crippen LogP contribution in [0.25, 0.3) is 22.0 Å². The lowest BCUT2D eigenvalue weighted by molar-refractivity contribution is 0.226. The first-order chi connectivity index (χ1) is 12.8. The molecule has 5 rings (SSSR count). The highest BCUT2D eigenvalue weighted by Crippen LogP contribution is 2.45. The second-order valence-electron chi connectivity index (χ2n) is 6.67. The van der Waals surface area contributed by atoms with Crippen LogP contribution in [0.3, 0.4) is 0 Å². The number of aliphatic hydroxyl groups is 1. The van der Waals surface area contributed by atoms with E-state index in [0.717, 1.165) is 33.3 Å². The Labute approximate surface area is 150 Å². The molecule has 0 spiro atoms. The number of aliphatic hydroxyl groups excluding tert-OH is 1. The molecule has 1 heterocycles. The fourth-order valence-corrected chi connectivity index (χ4v) is 4.02. The molecule has 4 aromatic rings. The third kappa shape index (κ3) is 2.07. The Bertz CT molecular complexity index is 1190. The summed E-state index contributed by atoms with van der Waals surface area (Å²) in [6, 6.07) is 25.3. The maximum Gasteiger partial charge on any atom is 0.259 e. The van der Waals surface area contributed by atoms with Crippen LogP contribution in [0.4, 0.5) is 0 Å². The molecule has 0 fully saturated rings. The highest BCUT2D eigenvalue weighted by atomic mass is 16.3. The first kappa shape index (κ1) is 15.1. The smallest absolute Gasteiger partial charge is 0.259 e. The molecule has 1 atom stereocenters. The van der Waals surface area contributed by atoms with Gasteiger partial charge in [0.15, 0.2) is 0 Å². The molecule has 26 heavy (non-hydrogen) atoms. The summed E-state index contributed by atoms with van der Waals surface area (Å²) < 4.78 is 1.81. The fraction of sp³-hybridized carbons (Fsp3) is 0.0870. The van der Waals surface area contributed by atoms with Crippen LogP contribution in [0.1, 0.15) is 22.8 Å². The summed E-state index contributed by atoms with van der Waals surface area (Å²) in [5.41, 5.74) is 4.50. The normalized spacial score (nSPS) is 15.0. The molecule has 0 amide bonds. The molecule has 126 valence electrons. The van der Waals surface area contributed by atoms with Crippen LogP contribution >= 0.6 is 0 Å². The van der Waals surface area contributed by atoms with Crippen molar-refractivity contribution in [1.82, 2.24) is 4.57 Å². The van der Waals surface area contributed by atoms with Crippen molar-refractivity contribution in [3.05, 3.63) is 106 Å². The topological polar surface area (TPSA) is 42.2 Å². The molecule has 0 radical (unpaired) electrons. The van der Waals surface area contributed by atoms with E-state index in [-0.39, 0.29) is 5.56 Å². The second-order valence-corrected chi connectivity index (χ2v) is 6.67. The molecule has 0 aliphatic heterocycles. The number of fused-ring (bicyclic) bond motifs is 5. The van der Waals surface area contributed by atoms with Gasteiger partial charge in [0.05, 0.1) is 12.2 Å². The maximum absolute atomic E-state index is 13.3. The van der Waals surface area contributed by atoms with Crippen molar-refractivity contribution in [2.24, 2.45) is 0 Å². The third-order valence-corrected chi connectivity index (χ3v) is 5.19. The van der Waals surface area contributed by atoms with Crippen molar-refractivity contribution >= 4 is 10.8 Å². The zero-order chi connectivity index (χ0) is 17.7.